The third kappa shape index (κ3) is 3.45. The lowest BCUT2D eigenvalue weighted by atomic mass is 10.2. The van der Waals surface area contributed by atoms with Crippen LogP contribution in [0.5, 0.6) is 0 Å². The Morgan fingerprint density at radius 1 is 1.03 bits per heavy atom. The summed E-state index contributed by atoms with van der Waals surface area (Å²) in [4.78, 5) is 26.1. The minimum atomic E-state index is -0.246. The predicted octanol–water partition coefficient (Wildman–Crippen LogP) is 5.47. The first-order valence-electron chi connectivity index (χ1n) is 9.00. The summed E-state index contributed by atoms with van der Waals surface area (Å²) in [7, 11) is 0. The molecule has 0 spiro atoms. The Balaban J connectivity index is 1.51. The van der Waals surface area contributed by atoms with Crippen molar-refractivity contribution in [3.05, 3.63) is 70.8 Å². The zero-order chi connectivity index (χ0) is 20.7. The van der Waals surface area contributed by atoms with Gasteiger partial charge in [0.25, 0.3) is 0 Å². The van der Waals surface area contributed by atoms with Crippen LogP contribution in [0.25, 0.3) is 27.6 Å². The monoisotopic (exact) mass is 453 g/mol. The number of carbonyl (C=O) groups is 1. The highest BCUT2D eigenvalue weighted by Crippen LogP contribution is 2.29. The van der Waals surface area contributed by atoms with E-state index in [4.69, 9.17) is 33.2 Å². The van der Waals surface area contributed by atoms with E-state index >= 15 is 0 Å². The number of hydrogen-bond donors (Lipinski definition) is 1. The zero-order valence-corrected chi connectivity index (χ0v) is 17.7. The molecule has 3 aromatic heterocycles. The molecule has 3 heterocycles. The molecule has 0 bridgehead atoms. The SMILES string of the molecule is O=C(CSc1nc2ccccc2c2nc3ccccc3n12)Nc1ncc(Cl)cc1Cl. The van der Waals surface area contributed by atoms with Crippen LogP contribution in [0.1, 0.15) is 0 Å². The van der Waals surface area contributed by atoms with Gasteiger partial charge in [0.15, 0.2) is 11.0 Å². The molecule has 30 heavy (non-hydrogen) atoms. The summed E-state index contributed by atoms with van der Waals surface area (Å²) in [5, 5.41) is 5.04. The van der Waals surface area contributed by atoms with Gasteiger partial charge in [0.2, 0.25) is 5.91 Å². The molecule has 0 atom stereocenters. The Hall–Kier alpha value is -2.87. The molecule has 0 unspecified atom stereocenters. The number of para-hydroxylation sites is 3. The summed E-state index contributed by atoms with van der Waals surface area (Å²) in [6.45, 7) is 0. The molecule has 0 fully saturated rings. The summed E-state index contributed by atoms with van der Waals surface area (Å²) in [6, 6.07) is 17.2. The molecular formula is C21H13Cl2N5OS. The Labute approximate surface area is 185 Å². The third-order valence-electron chi connectivity index (χ3n) is 4.51. The van der Waals surface area contributed by atoms with Gasteiger partial charge in [-0.05, 0) is 30.3 Å². The number of aromatic nitrogens is 4. The third-order valence-corrected chi connectivity index (χ3v) is 5.94. The zero-order valence-electron chi connectivity index (χ0n) is 15.3. The van der Waals surface area contributed by atoms with Crippen molar-refractivity contribution < 1.29 is 4.79 Å². The highest BCUT2D eigenvalue weighted by atomic mass is 35.5. The molecule has 0 saturated carbocycles. The van der Waals surface area contributed by atoms with E-state index in [9.17, 15) is 4.79 Å². The standard InChI is InChI=1S/C21H13Cl2N5OS/c22-12-9-14(23)19(24-10-12)27-18(29)11-30-21-26-15-6-2-1-5-13(15)20-25-16-7-3-4-8-17(16)28(20)21/h1-10H,11H2,(H,24,27,29). The Kier molecular flexibility index (Phi) is 4.94. The van der Waals surface area contributed by atoms with E-state index in [0.29, 0.717) is 10.2 Å². The van der Waals surface area contributed by atoms with Gasteiger partial charge in [-0.25, -0.2) is 15.0 Å². The minimum Gasteiger partial charge on any atom is -0.309 e. The second-order valence-electron chi connectivity index (χ2n) is 6.49. The second-order valence-corrected chi connectivity index (χ2v) is 8.28. The Bertz CT molecular complexity index is 1440. The topological polar surface area (TPSA) is 72.2 Å². The first kappa shape index (κ1) is 19.1. The number of anilines is 1. The molecule has 5 aromatic rings. The number of carbonyl (C=O) groups excluding carboxylic acids is 1. The van der Waals surface area contributed by atoms with E-state index in [1.807, 2.05) is 52.9 Å². The molecule has 9 heteroatoms. The summed E-state index contributed by atoms with van der Waals surface area (Å²) in [5.41, 5.74) is 3.45. The molecule has 1 N–H and O–H groups in total. The van der Waals surface area contributed by atoms with E-state index in [0.717, 1.165) is 27.6 Å². The van der Waals surface area contributed by atoms with Gasteiger partial charge in [0, 0.05) is 11.6 Å². The lowest BCUT2D eigenvalue weighted by Crippen LogP contribution is -2.16. The summed E-state index contributed by atoms with van der Waals surface area (Å²) in [5.74, 6) is 0.161. The van der Waals surface area contributed by atoms with Crippen molar-refractivity contribution in [3.63, 3.8) is 0 Å². The van der Waals surface area contributed by atoms with Gasteiger partial charge in [-0.1, -0.05) is 59.2 Å². The fraction of sp³-hybridized carbons (Fsp3) is 0.0476. The van der Waals surface area contributed by atoms with Crippen LogP contribution in [0.4, 0.5) is 5.82 Å². The van der Waals surface area contributed by atoms with E-state index in [-0.39, 0.29) is 22.5 Å². The van der Waals surface area contributed by atoms with Crippen molar-refractivity contribution in [1.29, 1.82) is 0 Å². The van der Waals surface area contributed by atoms with Crippen LogP contribution in [0.3, 0.4) is 0 Å². The average molecular weight is 454 g/mol. The molecule has 6 nitrogen and oxygen atoms in total. The molecule has 0 radical (unpaired) electrons. The van der Waals surface area contributed by atoms with Gasteiger partial charge in [0.05, 0.1) is 32.3 Å². The van der Waals surface area contributed by atoms with Crippen molar-refractivity contribution in [2.45, 2.75) is 5.16 Å². The highest BCUT2D eigenvalue weighted by Gasteiger charge is 2.16. The highest BCUT2D eigenvalue weighted by molar-refractivity contribution is 7.99. The van der Waals surface area contributed by atoms with Crippen LogP contribution in [-0.2, 0) is 4.79 Å². The normalized spacial score (nSPS) is 11.4. The average Bonchev–Trinajstić information content (AvgIpc) is 3.14. The molecule has 5 rings (SSSR count). The quantitative estimate of drug-likeness (QED) is 0.288. The van der Waals surface area contributed by atoms with Gasteiger partial charge >= 0.3 is 0 Å². The number of halogens is 2. The number of nitrogens with one attached hydrogen (secondary N) is 1. The van der Waals surface area contributed by atoms with Gasteiger partial charge in [0.1, 0.15) is 5.65 Å². The van der Waals surface area contributed by atoms with E-state index in [2.05, 4.69) is 10.3 Å². The lowest BCUT2D eigenvalue weighted by molar-refractivity contribution is -0.113. The first-order valence-corrected chi connectivity index (χ1v) is 10.7. The molecule has 0 saturated heterocycles. The number of fused-ring (bicyclic) bond motifs is 5. The van der Waals surface area contributed by atoms with Crippen LogP contribution in [0, 0.1) is 0 Å². The summed E-state index contributed by atoms with van der Waals surface area (Å²) < 4.78 is 1.99. The number of rotatable bonds is 4. The van der Waals surface area contributed by atoms with Crippen molar-refractivity contribution in [3.8, 4) is 0 Å². The molecule has 1 amide bonds. The number of pyridine rings is 1. The number of nitrogens with zero attached hydrogens (tertiary/aromatic N) is 4. The molecule has 0 aliphatic rings. The number of imidazole rings is 1. The fourth-order valence-electron chi connectivity index (χ4n) is 3.22. The molecular weight excluding hydrogens is 441 g/mol. The van der Waals surface area contributed by atoms with E-state index in [1.54, 1.807) is 0 Å². The van der Waals surface area contributed by atoms with Crippen LogP contribution in [-0.4, -0.2) is 31.0 Å². The second kappa shape index (κ2) is 7.75. The Morgan fingerprint density at radius 2 is 1.80 bits per heavy atom. The Morgan fingerprint density at radius 3 is 2.63 bits per heavy atom. The summed E-state index contributed by atoms with van der Waals surface area (Å²) in [6.07, 6.45) is 1.43. The van der Waals surface area contributed by atoms with E-state index in [1.165, 1.54) is 24.0 Å². The maximum Gasteiger partial charge on any atom is 0.236 e. The van der Waals surface area contributed by atoms with Gasteiger partial charge < -0.3 is 5.32 Å². The number of thioether (sulfide) groups is 1. The molecule has 2 aromatic carbocycles. The fourth-order valence-corrected chi connectivity index (χ4v) is 4.45. The van der Waals surface area contributed by atoms with Crippen molar-refractivity contribution in [2.24, 2.45) is 0 Å². The number of benzene rings is 2. The molecule has 148 valence electrons. The van der Waals surface area contributed by atoms with Crippen molar-refractivity contribution >= 4 is 74.3 Å². The minimum absolute atomic E-state index is 0.133. The summed E-state index contributed by atoms with van der Waals surface area (Å²) >= 11 is 13.3. The van der Waals surface area contributed by atoms with E-state index < -0.39 is 0 Å². The maximum absolute atomic E-state index is 12.5. The predicted molar refractivity (Wildman–Crippen MR) is 122 cm³/mol. The lowest BCUT2D eigenvalue weighted by Gasteiger charge is -2.09. The van der Waals surface area contributed by atoms with Crippen LogP contribution < -0.4 is 5.32 Å². The van der Waals surface area contributed by atoms with Crippen LogP contribution in [0.2, 0.25) is 10.0 Å². The van der Waals surface area contributed by atoms with Gasteiger partial charge in [-0.2, -0.15) is 0 Å². The van der Waals surface area contributed by atoms with Gasteiger partial charge in [-0.3, -0.25) is 9.20 Å². The number of hydrogen-bond acceptors (Lipinski definition) is 5. The van der Waals surface area contributed by atoms with Crippen molar-refractivity contribution in [2.75, 3.05) is 11.1 Å². The maximum atomic E-state index is 12.5. The molecule has 0 aliphatic heterocycles. The van der Waals surface area contributed by atoms with Crippen LogP contribution in [0.15, 0.2) is 66.0 Å². The first-order chi connectivity index (χ1) is 14.6. The molecule has 0 aliphatic carbocycles. The largest absolute Gasteiger partial charge is 0.309 e. The van der Waals surface area contributed by atoms with Gasteiger partial charge in [-0.15, -0.1) is 0 Å². The number of amides is 1. The van der Waals surface area contributed by atoms with Crippen LogP contribution >= 0.6 is 35.0 Å². The smallest absolute Gasteiger partial charge is 0.236 e. The van der Waals surface area contributed by atoms with Crippen molar-refractivity contribution in [1.82, 2.24) is 19.4 Å².